The maximum absolute atomic E-state index is 6.63. The summed E-state index contributed by atoms with van der Waals surface area (Å²) >= 11 is 0. The highest BCUT2D eigenvalue weighted by Gasteiger charge is 2.26. The highest BCUT2D eigenvalue weighted by molar-refractivity contribution is 5.64. The lowest BCUT2D eigenvalue weighted by Crippen LogP contribution is -2.26. The summed E-state index contributed by atoms with van der Waals surface area (Å²) in [5.41, 5.74) is 9.51. The lowest BCUT2D eigenvalue weighted by atomic mass is 9.80. The molecule has 1 aliphatic rings. The number of hydrogen-bond donors (Lipinski definition) is 0. The molecular weight excluding hydrogens is 613 g/mol. The predicted octanol–water partition coefficient (Wildman–Crippen LogP) is 11.6. The molecule has 0 fully saturated rings. The lowest BCUT2D eigenvalue weighted by molar-refractivity contribution is 0.478. The molecule has 5 nitrogen and oxygen atoms in total. The molecule has 0 amide bonds. The van der Waals surface area contributed by atoms with Gasteiger partial charge in [-0.2, -0.15) is 5.10 Å². The molecule has 1 aromatic heterocycles. The third-order valence-electron chi connectivity index (χ3n) is 9.92. The van der Waals surface area contributed by atoms with Crippen molar-refractivity contribution in [3.8, 4) is 17.2 Å². The highest BCUT2D eigenvalue weighted by Crippen LogP contribution is 2.38. The summed E-state index contributed by atoms with van der Waals surface area (Å²) in [5, 5.41) is 4.75. The molecule has 0 saturated heterocycles. The summed E-state index contributed by atoms with van der Waals surface area (Å²) in [4.78, 5) is 4.65. The van der Waals surface area contributed by atoms with E-state index in [4.69, 9.17) is 9.84 Å². The maximum atomic E-state index is 6.63. The molecule has 0 unspecified atom stereocenters. The first-order chi connectivity index (χ1) is 23.4. The van der Waals surface area contributed by atoms with Gasteiger partial charge in [0.15, 0.2) is 0 Å². The van der Waals surface area contributed by atoms with Crippen LogP contribution in [-0.4, -0.2) is 16.4 Å². The van der Waals surface area contributed by atoms with Crippen LogP contribution in [0, 0.1) is 0 Å². The monoisotopic (exact) mass is 666 g/mol. The number of anilines is 2. The van der Waals surface area contributed by atoms with Crippen molar-refractivity contribution in [2.24, 2.45) is 0 Å². The smallest absolute Gasteiger partial charge is 0.129 e. The van der Waals surface area contributed by atoms with Gasteiger partial charge in [-0.05, 0) is 74.9 Å². The predicted molar refractivity (Wildman–Crippen MR) is 210 cm³/mol. The van der Waals surface area contributed by atoms with Gasteiger partial charge in [0.2, 0.25) is 0 Å². The van der Waals surface area contributed by atoms with Gasteiger partial charge in [-0.25, -0.2) is 4.68 Å². The van der Waals surface area contributed by atoms with E-state index in [1.807, 2.05) is 23.0 Å². The zero-order valence-corrected chi connectivity index (χ0v) is 31.9. The number of ether oxygens (including phenoxy) is 1. The van der Waals surface area contributed by atoms with E-state index in [1.165, 1.54) is 27.9 Å². The van der Waals surface area contributed by atoms with Crippen LogP contribution in [0.4, 0.5) is 11.4 Å². The zero-order chi connectivity index (χ0) is 36.1. The minimum atomic E-state index is -0.165. The average molecular weight is 667 g/mol. The van der Waals surface area contributed by atoms with Crippen molar-refractivity contribution in [2.45, 2.75) is 97.8 Å². The molecule has 50 heavy (non-hydrogen) atoms. The Morgan fingerprint density at radius 2 is 1.04 bits per heavy atom. The van der Waals surface area contributed by atoms with E-state index in [-0.39, 0.29) is 21.7 Å². The molecule has 260 valence electrons. The fourth-order valence-electron chi connectivity index (χ4n) is 6.27. The maximum Gasteiger partial charge on any atom is 0.129 e. The van der Waals surface area contributed by atoms with Crippen molar-refractivity contribution in [3.63, 3.8) is 0 Å². The third kappa shape index (κ3) is 7.52. The largest absolute Gasteiger partial charge is 0.457 e. The molecule has 0 N–H and O–H groups in total. The van der Waals surface area contributed by atoms with Crippen LogP contribution >= 0.6 is 0 Å². The Morgan fingerprint density at radius 3 is 1.62 bits per heavy atom. The van der Waals surface area contributed by atoms with Gasteiger partial charge < -0.3 is 14.5 Å². The minimum Gasteiger partial charge on any atom is -0.457 e. The van der Waals surface area contributed by atoms with Gasteiger partial charge in [0, 0.05) is 53.1 Å². The molecule has 0 bridgehead atoms. The number of aromatic nitrogens is 2. The second-order valence-corrected chi connectivity index (χ2v) is 17.4. The van der Waals surface area contributed by atoms with Crippen molar-refractivity contribution in [1.82, 2.24) is 9.78 Å². The Kier molecular flexibility index (Phi) is 9.01. The van der Waals surface area contributed by atoms with Crippen molar-refractivity contribution >= 4 is 11.4 Å². The van der Waals surface area contributed by atoms with E-state index in [2.05, 4.69) is 183 Å². The van der Waals surface area contributed by atoms with Crippen LogP contribution in [0.25, 0.3) is 5.69 Å². The van der Waals surface area contributed by atoms with Crippen molar-refractivity contribution in [3.05, 3.63) is 144 Å². The second kappa shape index (κ2) is 12.8. The van der Waals surface area contributed by atoms with Crippen LogP contribution in [0.3, 0.4) is 0 Å². The molecule has 0 radical (unpaired) electrons. The topological polar surface area (TPSA) is 33.5 Å². The SMILES string of the molecule is CC(C)(C)c1cc(Oc2cccc(-n3cc(C(C)(C)c4ccccc4)cn3)c2)cc(N2C=CN(c3cc(C(C)(C)C)cc(C(C)(C)C)c3)C2)c1. The van der Waals surface area contributed by atoms with Crippen molar-refractivity contribution < 1.29 is 4.74 Å². The Labute approximate surface area is 300 Å². The molecule has 6 rings (SSSR count). The molecule has 0 saturated carbocycles. The van der Waals surface area contributed by atoms with E-state index < -0.39 is 0 Å². The fraction of sp³-hybridized carbons (Fsp3) is 0.356. The van der Waals surface area contributed by atoms with Gasteiger partial charge in [-0.1, -0.05) is 119 Å². The molecule has 0 spiro atoms. The number of nitrogens with zero attached hydrogens (tertiary/aromatic N) is 4. The Bertz CT molecular complexity index is 1970. The lowest BCUT2D eigenvalue weighted by Gasteiger charge is -2.29. The Morgan fingerprint density at radius 1 is 0.500 bits per heavy atom. The summed E-state index contributed by atoms with van der Waals surface area (Å²) in [6.07, 6.45) is 8.46. The number of hydrogen-bond acceptors (Lipinski definition) is 4. The summed E-state index contributed by atoms with van der Waals surface area (Å²) in [5.74, 6) is 1.58. The minimum absolute atomic E-state index is 0.0568. The average Bonchev–Trinajstić information content (AvgIpc) is 3.76. The van der Waals surface area contributed by atoms with Crippen molar-refractivity contribution in [2.75, 3.05) is 16.5 Å². The van der Waals surface area contributed by atoms with Crippen LogP contribution in [-0.2, 0) is 21.7 Å². The molecule has 2 heterocycles. The summed E-state index contributed by atoms with van der Waals surface area (Å²) in [6, 6.07) is 32.4. The quantitative estimate of drug-likeness (QED) is 0.173. The van der Waals surface area contributed by atoms with Gasteiger partial charge >= 0.3 is 0 Å². The molecule has 1 aliphatic heterocycles. The molecule has 5 heteroatoms. The second-order valence-electron chi connectivity index (χ2n) is 17.4. The van der Waals surface area contributed by atoms with Gasteiger partial charge in [-0.15, -0.1) is 0 Å². The highest BCUT2D eigenvalue weighted by atomic mass is 16.5. The van der Waals surface area contributed by atoms with E-state index in [9.17, 15) is 0 Å². The summed E-state index contributed by atoms with van der Waals surface area (Å²) in [7, 11) is 0. The molecule has 0 atom stereocenters. The van der Waals surface area contributed by atoms with Gasteiger partial charge in [0.1, 0.15) is 11.5 Å². The third-order valence-corrected chi connectivity index (χ3v) is 9.92. The van der Waals surface area contributed by atoms with E-state index in [0.29, 0.717) is 0 Å². The summed E-state index contributed by atoms with van der Waals surface area (Å²) in [6.45, 7) is 25.7. The molecule has 4 aromatic carbocycles. The van der Waals surface area contributed by atoms with Gasteiger partial charge in [-0.3, -0.25) is 0 Å². The first kappa shape index (κ1) is 35.1. The number of rotatable bonds is 7. The fourth-order valence-corrected chi connectivity index (χ4v) is 6.27. The van der Waals surface area contributed by atoms with Crippen LogP contribution in [0.15, 0.2) is 116 Å². The Hall–Kier alpha value is -4.77. The van der Waals surface area contributed by atoms with Crippen molar-refractivity contribution in [1.29, 1.82) is 0 Å². The first-order valence-electron chi connectivity index (χ1n) is 17.8. The van der Waals surface area contributed by atoms with Gasteiger partial charge in [0.25, 0.3) is 0 Å². The normalized spacial score (nSPS) is 14.1. The van der Waals surface area contributed by atoms with E-state index >= 15 is 0 Å². The first-order valence-corrected chi connectivity index (χ1v) is 17.8. The molecule has 0 aliphatic carbocycles. The van der Waals surface area contributed by atoms with Crippen LogP contribution in [0.5, 0.6) is 11.5 Å². The molecule has 5 aromatic rings. The number of benzene rings is 4. The standard InChI is InChI=1S/C45H54N4O/c1-42(2,3)33-22-34(43(4,5)6)24-38(23-33)47-20-21-48(31-47)39-25-35(44(7,8)9)26-41(28-39)50-40-19-15-18-37(27-40)49-30-36(29-46-49)45(10,11)32-16-13-12-14-17-32/h12-30H,31H2,1-11H3. The van der Waals surface area contributed by atoms with Crippen LogP contribution in [0.1, 0.15) is 104 Å². The zero-order valence-electron chi connectivity index (χ0n) is 31.9. The van der Waals surface area contributed by atoms with Gasteiger partial charge in [0.05, 0.1) is 18.6 Å². The van der Waals surface area contributed by atoms with Crippen LogP contribution < -0.4 is 14.5 Å². The van der Waals surface area contributed by atoms with E-state index in [0.717, 1.165) is 35.1 Å². The molecular formula is C45H54N4O. The van der Waals surface area contributed by atoms with Crippen LogP contribution in [0.2, 0.25) is 0 Å². The summed E-state index contributed by atoms with van der Waals surface area (Å²) < 4.78 is 8.57. The Balaban J connectivity index is 1.26. The van der Waals surface area contributed by atoms with E-state index in [1.54, 1.807) is 0 Å².